The van der Waals surface area contributed by atoms with E-state index in [1.807, 2.05) is 0 Å². The largest absolute Gasteiger partial charge is 0.359 e. The summed E-state index contributed by atoms with van der Waals surface area (Å²) in [6, 6.07) is 4.61. The van der Waals surface area contributed by atoms with Gasteiger partial charge in [0, 0.05) is 5.56 Å². The maximum atomic E-state index is 14.2. The molecule has 1 aromatic carbocycles. The predicted molar refractivity (Wildman–Crippen MR) is 79.0 cm³/mol. The molecule has 0 aliphatic carbocycles. The van der Waals surface area contributed by atoms with Crippen LogP contribution in [-0.4, -0.2) is 11.1 Å². The van der Waals surface area contributed by atoms with Gasteiger partial charge < -0.3 is 9.84 Å². The lowest BCUT2D eigenvalue weighted by Crippen LogP contribution is -2.35. The Bertz CT molecular complexity index is 675. The van der Waals surface area contributed by atoms with E-state index in [1.54, 1.807) is 39.8 Å². The summed E-state index contributed by atoms with van der Waals surface area (Å²) in [5, 5.41) is 6.50. The zero-order valence-corrected chi connectivity index (χ0v) is 13.0. The lowest BCUT2D eigenvalue weighted by atomic mass is 9.83. The molecule has 0 aliphatic heterocycles. The Balaban J connectivity index is 2.35. The van der Waals surface area contributed by atoms with Crippen LogP contribution < -0.4 is 5.32 Å². The van der Waals surface area contributed by atoms with E-state index in [0.717, 1.165) is 0 Å². The summed E-state index contributed by atoms with van der Waals surface area (Å²) in [5.41, 5.74) is 0.225. The third kappa shape index (κ3) is 2.78. The molecular formula is C15H16ClFN2O2. The number of carbonyl (C=O) groups is 1. The van der Waals surface area contributed by atoms with E-state index in [0.29, 0.717) is 17.1 Å². The molecule has 1 aromatic heterocycles. The average Bonchev–Trinajstić information content (AvgIpc) is 2.73. The molecule has 0 radical (unpaired) electrons. The standard InChI is InChI=1S/C15H16ClFN2O2/c1-8-13(9(2)21-19-8)18-14(20)15(3,4)10-6-5-7-11(16)12(10)17/h5-7H,1-4H3,(H,18,20). The van der Waals surface area contributed by atoms with E-state index in [-0.39, 0.29) is 16.5 Å². The fourth-order valence-electron chi connectivity index (χ4n) is 2.04. The van der Waals surface area contributed by atoms with Crippen LogP contribution in [0.25, 0.3) is 0 Å². The second-order valence-electron chi connectivity index (χ2n) is 5.38. The van der Waals surface area contributed by atoms with Gasteiger partial charge >= 0.3 is 0 Å². The number of amides is 1. The molecular weight excluding hydrogens is 295 g/mol. The van der Waals surface area contributed by atoms with Crippen molar-refractivity contribution < 1.29 is 13.7 Å². The van der Waals surface area contributed by atoms with Crippen LogP contribution >= 0.6 is 11.6 Å². The third-order valence-corrected chi connectivity index (χ3v) is 3.76. The molecule has 0 saturated heterocycles. The van der Waals surface area contributed by atoms with Gasteiger partial charge in [-0.2, -0.15) is 0 Å². The number of benzene rings is 1. The highest BCUT2D eigenvalue weighted by atomic mass is 35.5. The molecule has 1 amide bonds. The molecule has 0 atom stereocenters. The van der Waals surface area contributed by atoms with Crippen LogP contribution in [0.3, 0.4) is 0 Å². The van der Waals surface area contributed by atoms with Crippen LogP contribution in [0.2, 0.25) is 5.02 Å². The molecule has 0 saturated carbocycles. The number of aromatic nitrogens is 1. The Morgan fingerprint density at radius 3 is 2.62 bits per heavy atom. The van der Waals surface area contributed by atoms with Gasteiger partial charge in [0.05, 0.1) is 10.4 Å². The Morgan fingerprint density at radius 1 is 1.38 bits per heavy atom. The molecule has 0 fully saturated rings. The second-order valence-corrected chi connectivity index (χ2v) is 5.79. The zero-order chi connectivity index (χ0) is 15.8. The first-order chi connectivity index (χ1) is 9.75. The quantitative estimate of drug-likeness (QED) is 0.932. The molecule has 0 bridgehead atoms. The molecule has 0 spiro atoms. The Kier molecular flexibility index (Phi) is 4.05. The fourth-order valence-corrected chi connectivity index (χ4v) is 2.21. The first-order valence-electron chi connectivity index (χ1n) is 6.44. The molecule has 112 valence electrons. The van der Waals surface area contributed by atoms with Gasteiger partial charge in [0.15, 0.2) is 5.76 Å². The van der Waals surface area contributed by atoms with Crippen molar-refractivity contribution in [2.45, 2.75) is 33.1 Å². The van der Waals surface area contributed by atoms with E-state index < -0.39 is 11.2 Å². The highest BCUT2D eigenvalue weighted by Crippen LogP contribution is 2.31. The number of hydrogen-bond donors (Lipinski definition) is 1. The van der Waals surface area contributed by atoms with Crippen LogP contribution in [-0.2, 0) is 10.2 Å². The van der Waals surface area contributed by atoms with Gasteiger partial charge in [-0.3, -0.25) is 4.79 Å². The minimum atomic E-state index is -1.09. The van der Waals surface area contributed by atoms with Gasteiger partial charge in [-0.1, -0.05) is 28.9 Å². The molecule has 21 heavy (non-hydrogen) atoms. The smallest absolute Gasteiger partial charge is 0.234 e. The van der Waals surface area contributed by atoms with Crippen molar-refractivity contribution in [2.75, 3.05) is 5.32 Å². The Morgan fingerprint density at radius 2 is 2.05 bits per heavy atom. The van der Waals surface area contributed by atoms with Crippen LogP contribution in [0.1, 0.15) is 30.9 Å². The number of aryl methyl sites for hydroxylation is 2. The second kappa shape index (κ2) is 5.48. The molecule has 1 N–H and O–H groups in total. The highest BCUT2D eigenvalue weighted by molar-refractivity contribution is 6.30. The fraction of sp³-hybridized carbons (Fsp3) is 0.333. The van der Waals surface area contributed by atoms with E-state index >= 15 is 0 Å². The minimum Gasteiger partial charge on any atom is -0.359 e. The summed E-state index contributed by atoms with van der Waals surface area (Å²) in [6.45, 7) is 6.69. The predicted octanol–water partition coefficient (Wildman–Crippen LogP) is 4.00. The number of carbonyl (C=O) groups excluding carboxylic acids is 1. The first-order valence-corrected chi connectivity index (χ1v) is 6.81. The summed E-state index contributed by atoms with van der Waals surface area (Å²) < 4.78 is 19.1. The van der Waals surface area contributed by atoms with Crippen molar-refractivity contribution in [2.24, 2.45) is 0 Å². The van der Waals surface area contributed by atoms with Gasteiger partial charge in [-0.15, -0.1) is 0 Å². The SMILES string of the molecule is Cc1noc(C)c1NC(=O)C(C)(C)c1cccc(Cl)c1F. The van der Waals surface area contributed by atoms with Gasteiger partial charge in [0.2, 0.25) is 5.91 Å². The average molecular weight is 311 g/mol. The number of hydrogen-bond acceptors (Lipinski definition) is 3. The summed E-state index contributed by atoms with van der Waals surface area (Å²) in [5.74, 6) is -0.445. The molecule has 1 heterocycles. The maximum absolute atomic E-state index is 14.2. The van der Waals surface area contributed by atoms with Crippen molar-refractivity contribution in [3.05, 3.63) is 46.1 Å². The van der Waals surface area contributed by atoms with Crippen molar-refractivity contribution in [3.63, 3.8) is 0 Å². The van der Waals surface area contributed by atoms with E-state index in [4.69, 9.17) is 16.1 Å². The topological polar surface area (TPSA) is 55.1 Å². The van der Waals surface area contributed by atoms with Gasteiger partial charge in [-0.05, 0) is 33.8 Å². The van der Waals surface area contributed by atoms with Crippen LogP contribution in [0.5, 0.6) is 0 Å². The highest BCUT2D eigenvalue weighted by Gasteiger charge is 2.34. The molecule has 2 rings (SSSR count). The van der Waals surface area contributed by atoms with E-state index in [1.165, 1.54) is 6.07 Å². The molecule has 0 aliphatic rings. The number of nitrogens with one attached hydrogen (secondary N) is 1. The molecule has 4 nitrogen and oxygen atoms in total. The van der Waals surface area contributed by atoms with Gasteiger partial charge in [0.25, 0.3) is 0 Å². The lowest BCUT2D eigenvalue weighted by Gasteiger charge is -2.24. The van der Waals surface area contributed by atoms with Gasteiger partial charge in [-0.25, -0.2) is 4.39 Å². The summed E-state index contributed by atoms with van der Waals surface area (Å²) >= 11 is 5.79. The Hall–Kier alpha value is -1.88. The summed E-state index contributed by atoms with van der Waals surface area (Å²) in [7, 11) is 0. The molecule has 2 aromatic rings. The van der Waals surface area contributed by atoms with Crippen molar-refractivity contribution in [3.8, 4) is 0 Å². The normalized spacial score (nSPS) is 11.5. The lowest BCUT2D eigenvalue weighted by molar-refractivity contribution is -0.120. The van der Waals surface area contributed by atoms with Crippen molar-refractivity contribution >= 4 is 23.2 Å². The van der Waals surface area contributed by atoms with Gasteiger partial charge in [0.1, 0.15) is 17.2 Å². The maximum Gasteiger partial charge on any atom is 0.234 e. The summed E-state index contributed by atoms with van der Waals surface area (Å²) in [6.07, 6.45) is 0. The number of nitrogens with zero attached hydrogens (tertiary/aromatic N) is 1. The van der Waals surface area contributed by atoms with Crippen molar-refractivity contribution in [1.82, 2.24) is 5.16 Å². The minimum absolute atomic E-state index is 0.00860. The van der Waals surface area contributed by atoms with Crippen molar-refractivity contribution in [1.29, 1.82) is 0 Å². The van der Waals surface area contributed by atoms with Crippen LogP contribution in [0, 0.1) is 19.7 Å². The molecule has 0 unspecified atom stereocenters. The van der Waals surface area contributed by atoms with Crippen LogP contribution in [0.15, 0.2) is 22.7 Å². The van der Waals surface area contributed by atoms with E-state index in [2.05, 4.69) is 10.5 Å². The third-order valence-electron chi connectivity index (χ3n) is 3.46. The zero-order valence-electron chi connectivity index (χ0n) is 12.3. The number of halogens is 2. The van der Waals surface area contributed by atoms with Crippen LogP contribution in [0.4, 0.5) is 10.1 Å². The first kappa shape index (κ1) is 15.5. The summed E-state index contributed by atoms with van der Waals surface area (Å²) in [4.78, 5) is 12.5. The Labute approximate surface area is 127 Å². The van der Waals surface area contributed by atoms with E-state index in [9.17, 15) is 9.18 Å². The monoisotopic (exact) mass is 310 g/mol. The number of rotatable bonds is 3. The molecule has 6 heteroatoms. The number of anilines is 1.